The molecule has 0 aromatic heterocycles. The molecule has 0 radical (unpaired) electrons. The maximum absolute atomic E-state index is 5.61. The molecular formula is C14H19NO2S. The van der Waals surface area contributed by atoms with E-state index < -0.39 is 0 Å². The molecule has 1 saturated heterocycles. The average Bonchev–Trinajstić information content (AvgIpc) is 2.82. The van der Waals surface area contributed by atoms with Crippen LogP contribution in [-0.2, 0) is 15.9 Å². The standard InChI is InChI=1S/C14H19NO2S/c1-2-4-14-11(3-1)7-13(18-14)9-15-8-12-10-16-5-6-17-12/h1-4,12-13,15H,5-10H2. The van der Waals surface area contributed by atoms with Crippen molar-refractivity contribution in [1.29, 1.82) is 0 Å². The van der Waals surface area contributed by atoms with Gasteiger partial charge in [-0.2, -0.15) is 0 Å². The van der Waals surface area contributed by atoms with E-state index in [9.17, 15) is 0 Å². The summed E-state index contributed by atoms with van der Waals surface area (Å²) in [5, 5.41) is 4.17. The monoisotopic (exact) mass is 265 g/mol. The van der Waals surface area contributed by atoms with Crippen LogP contribution >= 0.6 is 11.8 Å². The quantitative estimate of drug-likeness (QED) is 0.898. The molecule has 0 aliphatic carbocycles. The highest BCUT2D eigenvalue weighted by molar-refractivity contribution is 8.00. The predicted octanol–water partition coefficient (Wildman–Crippen LogP) is 1.71. The maximum Gasteiger partial charge on any atom is 0.0933 e. The van der Waals surface area contributed by atoms with E-state index in [0.29, 0.717) is 5.25 Å². The number of nitrogens with one attached hydrogen (secondary N) is 1. The molecule has 3 nitrogen and oxygen atoms in total. The van der Waals surface area contributed by atoms with Gasteiger partial charge < -0.3 is 14.8 Å². The molecule has 3 rings (SSSR count). The van der Waals surface area contributed by atoms with Crippen molar-refractivity contribution in [3.63, 3.8) is 0 Å². The number of hydrogen-bond acceptors (Lipinski definition) is 4. The van der Waals surface area contributed by atoms with Gasteiger partial charge in [-0.05, 0) is 18.1 Å². The Morgan fingerprint density at radius 3 is 3.00 bits per heavy atom. The van der Waals surface area contributed by atoms with Crippen molar-refractivity contribution in [2.24, 2.45) is 0 Å². The first-order valence-electron chi connectivity index (χ1n) is 6.56. The normalized spacial score (nSPS) is 27.1. The Morgan fingerprint density at radius 1 is 1.22 bits per heavy atom. The molecule has 2 atom stereocenters. The third kappa shape index (κ3) is 3.06. The Kier molecular flexibility index (Phi) is 4.20. The van der Waals surface area contributed by atoms with Gasteiger partial charge in [0, 0.05) is 23.2 Å². The minimum atomic E-state index is 0.229. The van der Waals surface area contributed by atoms with Crippen LogP contribution in [0.15, 0.2) is 29.2 Å². The van der Waals surface area contributed by atoms with Crippen LogP contribution < -0.4 is 5.32 Å². The number of benzene rings is 1. The van der Waals surface area contributed by atoms with Crippen LogP contribution in [-0.4, -0.2) is 44.3 Å². The summed E-state index contributed by atoms with van der Waals surface area (Å²) in [4.78, 5) is 1.45. The Hall–Kier alpha value is -0.550. The van der Waals surface area contributed by atoms with Crippen LogP contribution in [0.3, 0.4) is 0 Å². The molecule has 2 aliphatic rings. The highest BCUT2D eigenvalue weighted by Gasteiger charge is 2.22. The summed E-state index contributed by atoms with van der Waals surface area (Å²) in [5.41, 5.74) is 1.49. The SMILES string of the molecule is c1ccc2c(c1)CC(CNCC1COCCO1)S2. The first kappa shape index (κ1) is 12.5. The van der Waals surface area contributed by atoms with Gasteiger partial charge in [0.15, 0.2) is 0 Å². The fraction of sp³-hybridized carbons (Fsp3) is 0.571. The molecule has 0 bridgehead atoms. The van der Waals surface area contributed by atoms with Crippen molar-refractivity contribution >= 4 is 11.8 Å². The van der Waals surface area contributed by atoms with E-state index in [2.05, 4.69) is 29.6 Å². The first-order chi connectivity index (χ1) is 8.92. The highest BCUT2D eigenvalue weighted by atomic mass is 32.2. The first-order valence-corrected chi connectivity index (χ1v) is 7.44. The lowest BCUT2D eigenvalue weighted by molar-refractivity contribution is -0.0862. The lowest BCUT2D eigenvalue weighted by Gasteiger charge is -2.23. The molecule has 4 heteroatoms. The maximum atomic E-state index is 5.61. The minimum absolute atomic E-state index is 0.229. The van der Waals surface area contributed by atoms with Crippen molar-refractivity contribution in [1.82, 2.24) is 5.32 Å². The molecule has 0 saturated carbocycles. The fourth-order valence-electron chi connectivity index (χ4n) is 2.43. The lowest BCUT2D eigenvalue weighted by Crippen LogP contribution is -2.39. The zero-order valence-corrected chi connectivity index (χ0v) is 11.2. The summed E-state index contributed by atoms with van der Waals surface area (Å²) in [6.45, 7) is 4.14. The smallest absolute Gasteiger partial charge is 0.0933 e. The van der Waals surface area contributed by atoms with E-state index in [-0.39, 0.29) is 6.10 Å². The molecule has 18 heavy (non-hydrogen) atoms. The number of thioether (sulfide) groups is 1. The molecule has 0 amide bonds. The second-order valence-corrected chi connectivity index (χ2v) is 6.12. The van der Waals surface area contributed by atoms with Crippen LogP contribution in [0.5, 0.6) is 0 Å². The number of rotatable bonds is 4. The summed E-state index contributed by atoms with van der Waals surface area (Å²) in [6.07, 6.45) is 1.41. The molecule has 1 fully saturated rings. The molecule has 1 N–H and O–H groups in total. The number of hydrogen-bond donors (Lipinski definition) is 1. The third-order valence-electron chi connectivity index (χ3n) is 3.34. The molecule has 0 spiro atoms. The van der Waals surface area contributed by atoms with Crippen molar-refractivity contribution in [2.45, 2.75) is 22.7 Å². The lowest BCUT2D eigenvalue weighted by atomic mass is 10.1. The average molecular weight is 265 g/mol. The van der Waals surface area contributed by atoms with E-state index in [1.165, 1.54) is 16.9 Å². The van der Waals surface area contributed by atoms with Crippen LogP contribution in [0, 0.1) is 0 Å². The van der Waals surface area contributed by atoms with E-state index in [4.69, 9.17) is 9.47 Å². The summed E-state index contributed by atoms with van der Waals surface area (Å²) in [6, 6.07) is 8.70. The number of fused-ring (bicyclic) bond motifs is 1. The van der Waals surface area contributed by atoms with Crippen molar-refractivity contribution in [2.75, 3.05) is 32.9 Å². The second-order valence-electron chi connectivity index (χ2n) is 4.78. The van der Waals surface area contributed by atoms with Crippen LogP contribution in [0.4, 0.5) is 0 Å². The zero-order valence-electron chi connectivity index (χ0n) is 10.4. The zero-order chi connectivity index (χ0) is 12.2. The topological polar surface area (TPSA) is 30.5 Å². The van der Waals surface area contributed by atoms with E-state index in [0.717, 1.165) is 32.9 Å². The predicted molar refractivity (Wildman–Crippen MR) is 73.2 cm³/mol. The Morgan fingerprint density at radius 2 is 2.17 bits per heavy atom. The van der Waals surface area contributed by atoms with Gasteiger partial charge in [0.2, 0.25) is 0 Å². The molecule has 1 aromatic rings. The Balaban J connectivity index is 1.40. The fourth-order valence-corrected chi connectivity index (χ4v) is 3.71. The summed E-state index contributed by atoms with van der Waals surface area (Å²) < 4.78 is 11.0. The van der Waals surface area contributed by atoms with Crippen LogP contribution in [0.25, 0.3) is 0 Å². The molecule has 2 aliphatic heterocycles. The Bertz CT molecular complexity index is 368. The summed E-state index contributed by atoms with van der Waals surface area (Å²) in [7, 11) is 0. The third-order valence-corrected chi connectivity index (χ3v) is 4.66. The number of ether oxygens (including phenoxy) is 2. The molecule has 1 aromatic carbocycles. The second kappa shape index (κ2) is 6.06. The Labute approximate surface area is 112 Å². The van der Waals surface area contributed by atoms with E-state index >= 15 is 0 Å². The van der Waals surface area contributed by atoms with Crippen molar-refractivity contribution < 1.29 is 9.47 Å². The van der Waals surface area contributed by atoms with Crippen LogP contribution in [0.2, 0.25) is 0 Å². The van der Waals surface area contributed by atoms with E-state index in [1.54, 1.807) is 0 Å². The molecular weight excluding hydrogens is 246 g/mol. The molecule has 2 unspecified atom stereocenters. The highest BCUT2D eigenvalue weighted by Crippen LogP contribution is 2.36. The molecule has 2 heterocycles. The van der Waals surface area contributed by atoms with Gasteiger partial charge in [-0.25, -0.2) is 0 Å². The van der Waals surface area contributed by atoms with Gasteiger partial charge in [-0.15, -0.1) is 11.8 Å². The summed E-state index contributed by atoms with van der Waals surface area (Å²) >= 11 is 1.99. The van der Waals surface area contributed by atoms with Gasteiger partial charge in [0.1, 0.15) is 0 Å². The summed E-state index contributed by atoms with van der Waals surface area (Å²) in [5.74, 6) is 0. The van der Waals surface area contributed by atoms with Crippen molar-refractivity contribution in [3.05, 3.63) is 29.8 Å². The van der Waals surface area contributed by atoms with E-state index in [1.807, 2.05) is 11.8 Å². The van der Waals surface area contributed by atoms with Gasteiger partial charge in [-0.3, -0.25) is 0 Å². The van der Waals surface area contributed by atoms with Gasteiger partial charge in [0.05, 0.1) is 25.9 Å². The minimum Gasteiger partial charge on any atom is -0.376 e. The van der Waals surface area contributed by atoms with Gasteiger partial charge in [0.25, 0.3) is 0 Å². The molecule has 98 valence electrons. The largest absolute Gasteiger partial charge is 0.376 e. The van der Waals surface area contributed by atoms with Gasteiger partial charge >= 0.3 is 0 Å². The van der Waals surface area contributed by atoms with Gasteiger partial charge in [-0.1, -0.05) is 18.2 Å². The van der Waals surface area contributed by atoms with Crippen LogP contribution in [0.1, 0.15) is 5.56 Å². The van der Waals surface area contributed by atoms with Crippen molar-refractivity contribution in [3.8, 4) is 0 Å².